The van der Waals surface area contributed by atoms with E-state index in [1.165, 1.54) is 10.1 Å². The number of aliphatic hydroxyl groups is 1. The number of nitrogens with one attached hydrogen (secondary N) is 1. The number of thiophene rings is 1. The van der Waals surface area contributed by atoms with Gasteiger partial charge in [-0.1, -0.05) is 0 Å². The van der Waals surface area contributed by atoms with E-state index in [1.807, 2.05) is 12.3 Å². The van der Waals surface area contributed by atoms with E-state index < -0.39 is 0 Å². The molecule has 4 heteroatoms. The molecule has 0 aromatic carbocycles. The molecule has 3 rings (SSSR count). The molecule has 0 saturated heterocycles. The molecule has 0 amide bonds. The average Bonchev–Trinajstić information content (AvgIpc) is 2.94. The summed E-state index contributed by atoms with van der Waals surface area (Å²) >= 11 is 1.74. The molecular weight excluding hydrogens is 232 g/mol. The van der Waals surface area contributed by atoms with Crippen molar-refractivity contribution in [2.75, 3.05) is 11.9 Å². The van der Waals surface area contributed by atoms with Gasteiger partial charge in [0, 0.05) is 22.8 Å². The summed E-state index contributed by atoms with van der Waals surface area (Å²) in [6.45, 7) is 0.916. The van der Waals surface area contributed by atoms with Gasteiger partial charge in [-0.25, -0.2) is 4.98 Å². The number of aromatic nitrogens is 1. The Morgan fingerprint density at radius 3 is 3.18 bits per heavy atom. The molecule has 2 N–H and O–H groups in total. The number of hydrogen-bond donors (Lipinski definition) is 2. The minimum absolute atomic E-state index is 0.0910. The highest BCUT2D eigenvalue weighted by Crippen LogP contribution is 2.28. The first-order valence-corrected chi connectivity index (χ1v) is 6.95. The first-order chi connectivity index (χ1) is 8.33. The summed E-state index contributed by atoms with van der Waals surface area (Å²) in [5, 5.41) is 16.2. The molecule has 17 heavy (non-hydrogen) atoms. The number of anilines is 1. The quantitative estimate of drug-likeness (QED) is 0.878. The molecule has 2 aromatic heterocycles. The number of hydrogen-bond acceptors (Lipinski definition) is 4. The van der Waals surface area contributed by atoms with Gasteiger partial charge in [0.1, 0.15) is 5.82 Å². The zero-order valence-electron chi connectivity index (χ0n) is 9.60. The number of aliphatic hydroxyl groups excluding tert-OH is 1. The zero-order valence-corrected chi connectivity index (χ0v) is 10.4. The summed E-state index contributed by atoms with van der Waals surface area (Å²) in [7, 11) is 0. The lowest BCUT2D eigenvalue weighted by Crippen LogP contribution is -2.13. The van der Waals surface area contributed by atoms with Gasteiger partial charge in [-0.15, -0.1) is 11.3 Å². The average molecular weight is 248 g/mol. The fourth-order valence-corrected chi connectivity index (χ4v) is 3.29. The van der Waals surface area contributed by atoms with E-state index >= 15 is 0 Å². The largest absolute Gasteiger partial charge is 0.393 e. The Morgan fingerprint density at radius 2 is 2.35 bits per heavy atom. The first kappa shape index (κ1) is 11.0. The van der Waals surface area contributed by atoms with Crippen molar-refractivity contribution in [2.45, 2.75) is 25.4 Å². The van der Waals surface area contributed by atoms with Crippen LogP contribution < -0.4 is 5.32 Å². The predicted molar refractivity (Wildman–Crippen MR) is 71.5 cm³/mol. The van der Waals surface area contributed by atoms with Gasteiger partial charge in [-0.2, -0.15) is 0 Å². The third-order valence-corrected chi connectivity index (χ3v) is 4.33. The van der Waals surface area contributed by atoms with Crippen LogP contribution in [0.1, 0.15) is 19.3 Å². The molecule has 0 spiro atoms. The molecule has 1 fully saturated rings. The maximum Gasteiger partial charge on any atom is 0.134 e. The van der Waals surface area contributed by atoms with Crippen LogP contribution in [-0.4, -0.2) is 22.7 Å². The smallest absolute Gasteiger partial charge is 0.134 e. The molecule has 0 bridgehead atoms. The van der Waals surface area contributed by atoms with Crippen molar-refractivity contribution in [3.05, 3.63) is 23.7 Å². The fourth-order valence-electron chi connectivity index (χ4n) is 2.51. The first-order valence-electron chi connectivity index (χ1n) is 6.07. The van der Waals surface area contributed by atoms with Crippen LogP contribution in [0.4, 0.5) is 5.82 Å². The molecule has 1 aliphatic rings. The second-order valence-electron chi connectivity index (χ2n) is 4.71. The third-order valence-electron chi connectivity index (χ3n) is 3.45. The Labute approximate surface area is 105 Å². The van der Waals surface area contributed by atoms with Gasteiger partial charge >= 0.3 is 0 Å². The lowest BCUT2D eigenvalue weighted by Gasteiger charge is -2.11. The second kappa shape index (κ2) is 4.63. The summed E-state index contributed by atoms with van der Waals surface area (Å²) in [6.07, 6.45) is 4.75. The summed E-state index contributed by atoms with van der Waals surface area (Å²) in [6, 6.07) is 4.16. The van der Waals surface area contributed by atoms with Gasteiger partial charge in [-0.05, 0) is 42.7 Å². The molecular formula is C13H16N2OS. The van der Waals surface area contributed by atoms with Gasteiger partial charge in [0.2, 0.25) is 0 Å². The highest BCUT2D eigenvalue weighted by Gasteiger charge is 2.22. The maximum atomic E-state index is 9.49. The van der Waals surface area contributed by atoms with Gasteiger partial charge in [-0.3, -0.25) is 0 Å². The molecule has 2 aromatic rings. The number of pyridine rings is 1. The second-order valence-corrected chi connectivity index (χ2v) is 5.65. The van der Waals surface area contributed by atoms with Crippen LogP contribution in [0.5, 0.6) is 0 Å². The number of nitrogens with zero attached hydrogens (tertiary/aromatic N) is 1. The van der Waals surface area contributed by atoms with Crippen molar-refractivity contribution in [1.82, 2.24) is 4.98 Å². The summed E-state index contributed by atoms with van der Waals surface area (Å²) in [4.78, 5) is 4.39. The topological polar surface area (TPSA) is 45.1 Å². The highest BCUT2D eigenvalue weighted by molar-refractivity contribution is 7.17. The standard InChI is InChI=1S/C13H16N2OS/c16-10-2-1-9(7-10)8-15-13-11-4-6-17-12(11)3-5-14-13/h3-6,9-10,16H,1-2,7-8H2,(H,14,15). The Balaban J connectivity index is 1.70. The van der Waals surface area contributed by atoms with Crippen LogP contribution >= 0.6 is 11.3 Å². The maximum absolute atomic E-state index is 9.49. The minimum atomic E-state index is -0.0910. The van der Waals surface area contributed by atoms with Crippen LogP contribution in [0.2, 0.25) is 0 Å². The van der Waals surface area contributed by atoms with Crippen LogP contribution in [0, 0.1) is 5.92 Å². The van der Waals surface area contributed by atoms with Crippen LogP contribution in [0.3, 0.4) is 0 Å². The summed E-state index contributed by atoms with van der Waals surface area (Å²) in [5.41, 5.74) is 0. The highest BCUT2D eigenvalue weighted by atomic mass is 32.1. The van der Waals surface area contributed by atoms with Gasteiger partial charge in [0.15, 0.2) is 0 Å². The fraction of sp³-hybridized carbons (Fsp3) is 0.462. The predicted octanol–water partition coefficient (Wildman–Crippen LogP) is 2.87. The van der Waals surface area contributed by atoms with Crippen molar-refractivity contribution < 1.29 is 5.11 Å². The molecule has 2 unspecified atom stereocenters. The van der Waals surface area contributed by atoms with Crippen molar-refractivity contribution >= 4 is 27.2 Å². The molecule has 0 aliphatic heterocycles. The van der Waals surface area contributed by atoms with E-state index in [2.05, 4.69) is 21.7 Å². The van der Waals surface area contributed by atoms with Crippen molar-refractivity contribution in [2.24, 2.45) is 5.92 Å². The molecule has 2 atom stereocenters. The molecule has 1 aliphatic carbocycles. The monoisotopic (exact) mass is 248 g/mol. The van der Waals surface area contributed by atoms with Crippen LogP contribution in [-0.2, 0) is 0 Å². The molecule has 1 saturated carbocycles. The lowest BCUT2D eigenvalue weighted by molar-refractivity contribution is 0.178. The SMILES string of the molecule is OC1CCC(CNc2nccc3sccc23)C1. The van der Waals surface area contributed by atoms with Gasteiger partial charge in [0.05, 0.1) is 6.10 Å². The Bertz CT molecular complexity index is 511. The van der Waals surface area contributed by atoms with Crippen molar-refractivity contribution in [3.8, 4) is 0 Å². The molecule has 2 heterocycles. The molecule has 3 nitrogen and oxygen atoms in total. The van der Waals surface area contributed by atoms with E-state index in [9.17, 15) is 5.11 Å². The van der Waals surface area contributed by atoms with E-state index in [0.717, 1.165) is 31.6 Å². The lowest BCUT2D eigenvalue weighted by atomic mass is 10.1. The Hall–Kier alpha value is -1.13. The normalized spacial score (nSPS) is 24.3. The minimum Gasteiger partial charge on any atom is -0.393 e. The Kier molecular flexibility index (Phi) is 2.99. The van der Waals surface area contributed by atoms with E-state index in [-0.39, 0.29) is 6.10 Å². The van der Waals surface area contributed by atoms with E-state index in [4.69, 9.17) is 0 Å². The summed E-state index contributed by atoms with van der Waals surface area (Å²) in [5.74, 6) is 1.56. The Morgan fingerprint density at radius 1 is 1.41 bits per heavy atom. The van der Waals surface area contributed by atoms with Gasteiger partial charge in [0.25, 0.3) is 0 Å². The van der Waals surface area contributed by atoms with Gasteiger partial charge < -0.3 is 10.4 Å². The van der Waals surface area contributed by atoms with E-state index in [1.54, 1.807) is 11.3 Å². The van der Waals surface area contributed by atoms with Crippen LogP contribution in [0.15, 0.2) is 23.7 Å². The third kappa shape index (κ3) is 2.28. The number of fused-ring (bicyclic) bond motifs is 1. The zero-order chi connectivity index (χ0) is 11.7. The van der Waals surface area contributed by atoms with Crippen molar-refractivity contribution in [1.29, 1.82) is 0 Å². The van der Waals surface area contributed by atoms with Crippen LogP contribution in [0.25, 0.3) is 10.1 Å². The summed E-state index contributed by atoms with van der Waals surface area (Å²) < 4.78 is 1.27. The number of rotatable bonds is 3. The van der Waals surface area contributed by atoms with Crippen molar-refractivity contribution in [3.63, 3.8) is 0 Å². The molecule has 90 valence electrons. The molecule has 0 radical (unpaired) electrons. The van der Waals surface area contributed by atoms with E-state index in [0.29, 0.717) is 5.92 Å².